The average Bonchev–Trinajstić information content (AvgIpc) is 2.89. The first-order valence-electron chi connectivity index (χ1n) is 11.9. The molecule has 6 heteroatoms. The van der Waals surface area contributed by atoms with Crippen LogP contribution in [0.15, 0.2) is 78.9 Å². The largest absolute Gasteiger partial charge is 0.495 e. The highest BCUT2D eigenvalue weighted by Crippen LogP contribution is 2.28. The number of nitrogens with one attached hydrogen (secondary N) is 1. The summed E-state index contributed by atoms with van der Waals surface area (Å²) in [7, 11) is 1.72. The Balaban J connectivity index is 1.12. The van der Waals surface area contributed by atoms with Crippen LogP contribution in [-0.2, 0) is 6.42 Å². The van der Waals surface area contributed by atoms with Crippen molar-refractivity contribution < 1.29 is 14.3 Å². The lowest BCUT2D eigenvalue weighted by molar-refractivity contribution is 0.198. The molecule has 1 saturated heterocycles. The van der Waals surface area contributed by atoms with Gasteiger partial charge in [-0.1, -0.05) is 54.6 Å². The number of methoxy groups -OCH3 is 1. The molecule has 0 atom stereocenters. The van der Waals surface area contributed by atoms with E-state index in [0.29, 0.717) is 12.3 Å². The predicted octanol–water partition coefficient (Wildman–Crippen LogP) is 4.59. The predicted molar refractivity (Wildman–Crippen MR) is 136 cm³/mol. The zero-order valence-electron chi connectivity index (χ0n) is 19.8. The quantitative estimate of drug-likeness (QED) is 0.475. The number of carbonyl (C=O) groups excluding carboxylic acids is 1. The van der Waals surface area contributed by atoms with Gasteiger partial charge in [0.15, 0.2) is 0 Å². The molecule has 3 aromatic rings. The summed E-state index contributed by atoms with van der Waals surface area (Å²) in [5.74, 6) is 1.48. The monoisotopic (exact) mass is 459 g/mol. The number of anilines is 1. The normalized spacial score (nSPS) is 14.0. The number of amides is 1. The van der Waals surface area contributed by atoms with E-state index in [9.17, 15) is 4.79 Å². The summed E-state index contributed by atoms with van der Waals surface area (Å²) >= 11 is 0. The maximum Gasteiger partial charge on any atom is 0.412 e. The molecule has 1 N–H and O–H groups in total. The topological polar surface area (TPSA) is 54.0 Å². The van der Waals surface area contributed by atoms with Gasteiger partial charge in [-0.2, -0.15) is 0 Å². The van der Waals surface area contributed by atoms with Gasteiger partial charge in [-0.25, -0.2) is 4.79 Å². The molecular weight excluding hydrogens is 426 g/mol. The number of para-hydroxylation sites is 2. The van der Waals surface area contributed by atoms with Crippen molar-refractivity contribution in [3.05, 3.63) is 90.0 Å². The van der Waals surface area contributed by atoms with Crippen molar-refractivity contribution in [1.29, 1.82) is 0 Å². The zero-order chi connectivity index (χ0) is 23.6. The summed E-state index contributed by atoms with van der Waals surface area (Å²) in [4.78, 5) is 16.9. The van der Waals surface area contributed by atoms with Crippen molar-refractivity contribution in [2.45, 2.75) is 12.8 Å². The van der Waals surface area contributed by atoms with Crippen molar-refractivity contribution in [2.75, 3.05) is 51.3 Å². The number of piperazine rings is 1. The van der Waals surface area contributed by atoms with Gasteiger partial charge in [-0.3, -0.25) is 4.90 Å². The summed E-state index contributed by atoms with van der Waals surface area (Å²) in [5.41, 5.74) is 3.60. The summed E-state index contributed by atoms with van der Waals surface area (Å²) in [5, 5.41) is 2.86. The molecule has 0 aliphatic carbocycles. The smallest absolute Gasteiger partial charge is 0.412 e. The average molecular weight is 460 g/mol. The number of benzene rings is 3. The summed E-state index contributed by atoms with van der Waals surface area (Å²) in [6, 6.07) is 26.2. The van der Waals surface area contributed by atoms with Gasteiger partial charge in [0, 0.05) is 32.7 Å². The summed E-state index contributed by atoms with van der Waals surface area (Å²) < 4.78 is 10.9. The van der Waals surface area contributed by atoms with Crippen LogP contribution in [0.2, 0.25) is 0 Å². The Hall–Kier alpha value is -3.51. The van der Waals surface area contributed by atoms with E-state index in [1.807, 2.05) is 60.7 Å². The van der Waals surface area contributed by atoms with E-state index in [0.717, 1.165) is 57.0 Å². The Labute approximate surface area is 202 Å². The minimum atomic E-state index is -0.406. The SMILES string of the molecule is COc1ccccc1N1CCN(CCCNC(=O)Oc2ccc(Cc3ccccc3)cc2)CC1. The molecule has 178 valence electrons. The highest BCUT2D eigenvalue weighted by atomic mass is 16.6. The van der Waals surface area contributed by atoms with Crippen LogP contribution in [0.5, 0.6) is 11.5 Å². The van der Waals surface area contributed by atoms with Crippen LogP contribution in [0.3, 0.4) is 0 Å². The van der Waals surface area contributed by atoms with E-state index < -0.39 is 6.09 Å². The fraction of sp³-hybridized carbons (Fsp3) is 0.321. The van der Waals surface area contributed by atoms with Crippen molar-refractivity contribution >= 4 is 11.8 Å². The first kappa shape index (κ1) is 23.6. The summed E-state index contributed by atoms with van der Waals surface area (Å²) in [6.45, 7) is 5.48. The van der Waals surface area contributed by atoms with Gasteiger partial charge in [0.2, 0.25) is 0 Å². The molecule has 0 spiro atoms. The number of hydrogen-bond donors (Lipinski definition) is 1. The number of rotatable bonds is 9. The van der Waals surface area contributed by atoms with Crippen molar-refractivity contribution in [3.63, 3.8) is 0 Å². The van der Waals surface area contributed by atoms with E-state index in [1.165, 1.54) is 11.1 Å². The lowest BCUT2D eigenvalue weighted by atomic mass is 10.1. The molecule has 1 aliphatic heterocycles. The molecule has 3 aromatic carbocycles. The van der Waals surface area contributed by atoms with Crippen LogP contribution >= 0.6 is 0 Å². The van der Waals surface area contributed by atoms with Crippen LogP contribution in [0.1, 0.15) is 17.5 Å². The minimum absolute atomic E-state index is 0.406. The fourth-order valence-corrected chi connectivity index (χ4v) is 4.25. The Kier molecular flexibility index (Phi) is 8.41. The fourth-order valence-electron chi connectivity index (χ4n) is 4.25. The first-order chi connectivity index (χ1) is 16.7. The van der Waals surface area contributed by atoms with E-state index in [4.69, 9.17) is 9.47 Å². The molecule has 0 radical (unpaired) electrons. The molecule has 4 rings (SSSR count). The zero-order valence-corrected chi connectivity index (χ0v) is 19.8. The molecule has 1 heterocycles. The lowest BCUT2D eigenvalue weighted by Gasteiger charge is -2.36. The maximum absolute atomic E-state index is 12.1. The Bertz CT molecular complexity index is 1030. The van der Waals surface area contributed by atoms with Gasteiger partial charge in [0.05, 0.1) is 12.8 Å². The molecular formula is C28H33N3O3. The van der Waals surface area contributed by atoms with E-state index in [1.54, 1.807) is 7.11 Å². The second kappa shape index (κ2) is 12.1. The van der Waals surface area contributed by atoms with E-state index in [-0.39, 0.29) is 0 Å². The van der Waals surface area contributed by atoms with Gasteiger partial charge in [0.1, 0.15) is 11.5 Å². The van der Waals surface area contributed by atoms with Crippen LogP contribution in [0.25, 0.3) is 0 Å². The standard InChI is InChI=1S/C28H33N3O3/c1-33-27-11-6-5-10-26(27)31-20-18-30(19-21-31)17-7-16-29-28(32)34-25-14-12-24(13-15-25)22-23-8-3-2-4-9-23/h2-6,8-15H,7,16-22H2,1H3,(H,29,32). The van der Waals surface area contributed by atoms with Crippen LogP contribution in [0, 0.1) is 0 Å². The Morgan fingerprint density at radius 1 is 0.853 bits per heavy atom. The van der Waals surface area contributed by atoms with Gasteiger partial charge < -0.3 is 19.7 Å². The lowest BCUT2D eigenvalue weighted by Crippen LogP contribution is -2.47. The van der Waals surface area contributed by atoms with Crippen LogP contribution in [0.4, 0.5) is 10.5 Å². The summed E-state index contributed by atoms with van der Waals surface area (Å²) in [6.07, 6.45) is 1.34. The Morgan fingerprint density at radius 3 is 2.26 bits per heavy atom. The third-order valence-electron chi connectivity index (χ3n) is 6.10. The molecule has 1 aliphatic rings. The molecule has 1 fully saturated rings. The van der Waals surface area contributed by atoms with E-state index >= 15 is 0 Å². The first-order valence-corrected chi connectivity index (χ1v) is 11.9. The second-order valence-corrected chi connectivity index (χ2v) is 8.48. The molecule has 34 heavy (non-hydrogen) atoms. The van der Waals surface area contributed by atoms with Crippen molar-refractivity contribution in [3.8, 4) is 11.5 Å². The highest BCUT2D eigenvalue weighted by molar-refractivity contribution is 5.70. The third-order valence-corrected chi connectivity index (χ3v) is 6.10. The molecule has 1 amide bonds. The molecule has 0 bridgehead atoms. The van der Waals surface area contributed by atoms with Gasteiger partial charge >= 0.3 is 6.09 Å². The second-order valence-electron chi connectivity index (χ2n) is 8.48. The highest BCUT2D eigenvalue weighted by Gasteiger charge is 2.19. The number of nitrogens with zero attached hydrogens (tertiary/aromatic N) is 2. The van der Waals surface area contributed by atoms with Crippen LogP contribution < -0.4 is 19.7 Å². The molecule has 6 nitrogen and oxygen atoms in total. The Morgan fingerprint density at radius 2 is 1.53 bits per heavy atom. The van der Waals surface area contributed by atoms with E-state index in [2.05, 4.69) is 33.3 Å². The third kappa shape index (κ3) is 6.75. The maximum atomic E-state index is 12.1. The number of carbonyl (C=O) groups is 1. The van der Waals surface area contributed by atoms with Crippen molar-refractivity contribution in [1.82, 2.24) is 10.2 Å². The van der Waals surface area contributed by atoms with Gasteiger partial charge in [0.25, 0.3) is 0 Å². The van der Waals surface area contributed by atoms with Crippen molar-refractivity contribution in [2.24, 2.45) is 0 Å². The van der Waals surface area contributed by atoms with Crippen LogP contribution in [-0.4, -0.2) is 57.4 Å². The van der Waals surface area contributed by atoms with Gasteiger partial charge in [-0.15, -0.1) is 0 Å². The minimum Gasteiger partial charge on any atom is -0.495 e. The number of ether oxygens (including phenoxy) is 2. The molecule has 0 aromatic heterocycles. The number of hydrogen-bond acceptors (Lipinski definition) is 5. The van der Waals surface area contributed by atoms with Gasteiger partial charge in [-0.05, 0) is 54.8 Å². The molecule has 0 unspecified atom stereocenters. The molecule has 0 saturated carbocycles.